The third-order valence-electron chi connectivity index (χ3n) is 5.46. The van der Waals surface area contributed by atoms with Crippen LogP contribution in [0.3, 0.4) is 0 Å². The second-order valence-corrected chi connectivity index (χ2v) is 8.10. The Kier molecular flexibility index (Phi) is 5.00. The van der Waals surface area contributed by atoms with Crippen LogP contribution in [0.25, 0.3) is 0 Å². The number of ether oxygens (including phenoxy) is 1. The number of benzene rings is 2. The lowest BCUT2D eigenvalue weighted by Crippen LogP contribution is -2.47. The molecule has 1 fully saturated rings. The average molecular weight is 370 g/mol. The Morgan fingerprint density at radius 2 is 1.88 bits per heavy atom. The van der Waals surface area contributed by atoms with E-state index in [-0.39, 0.29) is 17.8 Å². The molecule has 1 aliphatic carbocycles. The summed E-state index contributed by atoms with van der Waals surface area (Å²) in [6, 6.07) is 17.1. The van der Waals surface area contributed by atoms with Crippen LogP contribution in [0.1, 0.15) is 30.4 Å². The minimum absolute atomic E-state index is 0.0470. The first-order chi connectivity index (χ1) is 12.7. The second-order valence-electron chi connectivity index (χ2n) is 7.06. The number of hydrogen-bond acceptors (Lipinski definition) is 4. The average Bonchev–Trinajstić information content (AvgIpc) is 2.67. The van der Waals surface area contributed by atoms with Crippen molar-refractivity contribution in [1.82, 2.24) is 0 Å². The van der Waals surface area contributed by atoms with Gasteiger partial charge in [-0.1, -0.05) is 60.3 Å². The van der Waals surface area contributed by atoms with Gasteiger partial charge in [0.1, 0.15) is 5.82 Å². The van der Waals surface area contributed by atoms with Gasteiger partial charge < -0.3 is 10.5 Å². The first-order valence-electron chi connectivity index (χ1n) is 9.06. The van der Waals surface area contributed by atoms with Crippen molar-refractivity contribution in [2.75, 3.05) is 5.75 Å². The number of aliphatic imine (C=N–C) groups is 1. The van der Waals surface area contributed by atoms with Crippen molar-refractivity contribution in [3.05, 3.63) is 71.5 Å². The molecule has 2 N–H and O–H groups in total. The van der Waals surface area contributed by atoms with Crippen molar-refractivity contribution in [3.8, 4) is 0 Å². The number of halogens is 1. The number of nitrogens with zero attached hydrogens (tertiary/aromatic N) is 1. The predicted molar refractivity (Wildman–Crippen MR) is 105 cm³/mol. The number of thioether (sulfide) groups is 1. The molecule has 3 nitrogen and oxygen atoms in total. The van der Waals surface area contributed by atoms with Crippen molar-refractivity contribution in [3.63, 3.8) is 0 Å². The standard InChI is InChI=1S/C21H23FN2OS/c22-19-9-5-4-8-18(19)21-12-17(25-13-15-6-2-1-3-7-15)11-10-16(21)14-26-20(23)24-21/h1-9,16-17H,10-14H2,(H2,23,24)/t16-,17?,21-/m0/s1. The van der Waals surface area contributed by atoms with Crippen LogP contribution in [0.2, 0.25) is 0 Å². The van der Waals surface area contributed by atoms with Gasteiger partial charge in [0.2, 0.25) is 0 Å². The van der Waals surface area contributed by atoms with Gasteiger partial charge in [0.25, 0.3) is 0 Å². The van der Waals surface area contributed by atoms with Crippen LogP contribution in [0.4, 0.5) is 4.39 Å². The SMILES string of the molecule is NC1=N[C@@]2(c3ccccc3F)CC(OCc3ccccc3)CC[C@H]2CS1. The quantitative estimate of drug-likeness (QED) is 0.864. The Morgan fingerprint density at radius 1 is 1.12 bits per heavy atom. The van der Waals surface area contributed by atoms with Crippen LogP contribution in [0, 0.1) is 11.7 Å². The number of hydrogen-bond donors (Lipinski definition) is 1. The van der Waals surface area contributed by atoms with Crippen molar-refractivity contribution in [2.24, 2.45) is 16.6 Å². The molecule has 2 aromatic rings. The fourth-order valence-electron chi connectivity index (χ4n) is 4.15. The lowest BCUT2D eigenvalue weighted by atomic mass is 9.68. The molecule has 0 spiro atoms. The lowest BCUT2D eigenvalue weighted by Gasteiger charge is -2.46. The Hall–Kier alpha value is -1.85. The highest BCUT2D eigenvalue weighted by molar-refractivity contribution is 8.13. The molecule has 0 saturated heterocycles. The molecule has 2 aliphatic rings. The van der Waals surface area contributed by atoms with E-state index < -0.39 is 5.54 Å². The highest BCUT2D eigenvalue weighted by Gasteiger charge is 2.49. The van der Waals surface area contributed by atoms with E-state index in [0.717, 1.165) is 24.2 Å². The number of nitrogens with two attached hydrogens (primary N) is 1. The smallest absolute Gasteiger partial charge is 0.154 e. The van der Waals surface area contributed by atoms with Gasteiger partial charge in [0.15, 0.2) is 5.17 Å². The molecule has 0 aromatic heterocycles. The lowest BCUT2D eigenvalue weighted by molar-refractivity contribution is -0.0199. The van der Waals surface area contributed by atoms with Crippen LogP contribution >= 0.6 is 11.8 Å². The molecule has 5 heteroatoms. The third-order valence-corrected chi connectivity index (χ3v) is 6.42. The van der Waals surface area contributed by atoms with Crippen LogP contribution in [0.15, 0.2) is 59.6 Å². The van der Waals surface area contributed by atoms with E-state index >= 15 is 0 Å². The summed E-state index contributed by atoms with van der Waals surface area (Å²) in [7, 11) is 0. The normalized spacial score (nSPS) is 28.3. The minimum Gasteiger partial charge on any atom is -0.379 e. The molecule has 1 heterocycles. The highest BCUT2D eigenvalue weighted by atomic mass is 32.2. The van der Waals surface area contributed by atoms with Gasteiger partial charge in [0.05, 0.1) is 18.2 Å². The minimum atomic E-state index is -0.611. The van der Waals surface area contributed by atoms with Crippen LogP contribution in [0.5, 0.6) is 0 Å². The molecule has 26 heavy (non-hydrogen) atoms. The topological polar surface area (TPSA) is 47.6 Å². The summed E-state index contributed by atoms with van der Waals surface area (Å²) in [5.74, 6) is 0.965. The summed E-state index contributed by atoms with van der Waals surface area (Å²) < 4.78 is 20.9. The summed E-state index contributed by atoms with van der Waals surface area (Å²) >= 11 is 1.58. The maximum atomic E-state index is 14.7. The summed E-state index contributed by atoms with van der Waals surface area (Å²) in [5, 5.41) is 0.549. The van der Waals surface area contributed by atoms with Gasteiger partial charge >= 0.3 is 0 Å². The molecule has 2 aromatic carbocycles. The Labute approximate surface area is 157 Å². The molecule has 1 saturated carbocycles. The van der Waals surface area contributed by atoms with E-state index in [9.17, 15) is 4.39 Å². The monoisotopic (exact) mass is 370 g/mol. The van der Waals surface area contributed by atoms with E-state index in [1.165, 1.54) is 6.07 Å². The predicted octanol–water partition coefficient (Wildman–Crippen LogP) is 4.47. The van der Waals surface area contributed by atoms with Crippen LogP contribution in [-0.2, 0) is 16.9 Å². The summed E-state index contributed by atoms with van der Waals surface area (Å²) in [6.45, 7) is 0.567. The first-order valence-corrected chi connectivity index (χ1v) is 10.0. The first kappa shape index (κ1) is 17.6. The Bertz CT molecular complexity index is 798. The number of rotatable bonds is 4. The fourth-order valence-corrected chi connectivity index (χ4v) is 5.19. The Morgan fingerprint density at radius 3 is 2.69 bits per heavy atom. The molecule has 1 aliphatic heterocycles. The fraction of sp³-hybridized carbons (Fsp3) is 0.381. The maximum absolute atomic E-state index is 14.7. The van der Waals surface area contributed by atoms with Crippen molar-refractivity contribution < 1.29 is 9.13 Å². The van der Waals surface area contributed by atoms with Gasteiger partial charge in [0, 0.05) is 17.7 Å². The van der Waals surface area contributed by atoms with Gasteiger partial charge in [-0.15, -0.1) is 0 Å². The number of amidine groups is 1. The molecule has 0 bridgehead atoms. The molecule has 1 unspecified atom stereocenters. The zero-order valence-electron chi connectivity index (χ0n) is 14.6. The Balaban J connectivity index is 1.61. The van der Waals surface area contributed by atoms with E-state index in [0.29, 0.717) is 23.8 Å². The number of fused-ring (bicyclic) bond motifs is 1. The largest absolute Gasteiger partial charge is 0.379 e. The van der Waals surface area contributed by atoms with E-state index in [1.807, 2.05) is 30.3 Å². The molecule has 136 valence electrons. The van der Waals surface area contributed by atoms with Gasteiger partial charge in [-0.25, -0.2) is 4.39 Å². The van der Waals surface area contributed by atoms with E-state index in [1.54, 1.807) is 17.8 Å². The summed E-state index contributed by atoms with van der Waals surface area (Å²) in [6.07, 6.45) is 2.67. The van der Waals surface area contributed by atoms with Crippen molar-refractivity contribution in [1.29, 1.82) is 0 Å². The van der Waals surface area contributed by atoms with Crippen LogP contribution < -0.4 is 5.73 Å². The van der Waals surface area contributed by atoms with E-state index in [2.05, 4.69) is 12.1 Å². The second kappa shape index (κ2) is 7.41. The zero-order chi connectivity index (χ0) is 18.0. The van der Waals surface area contributed by atoms with Crippen LogP contribution in [-0.4, -0.2) is 17.0 Å². The van der Waals surface area contributed by atoms with Gasteiger partial charge in [-0.3, -0.25) is 4.99 Å². The highest BCUT2D eigenvalue weighted by Crippen LogP contribution is 2.50. The summed E-state index contributed by atoms with van der Waals surface area (Å²) in [5.41, 5.74) is 7.27. The molecular formula is C21H23FN2OS. The third kappa shape index (κ3) is 3.38. The van der Waals surface area contributed by atoms with Crippen molar-refractivity contribution >= 4 is 16.9 Å². The maximum Gasteiger partial charge on any atom is 0.154 e. The molecular weight excluding hydrogens is 347 g/mol. The molecule has 0 amide bonds. The molecule has 3 atom stereocenters. The van der Waals surface area contributed by atoms with Gasteiger partial charge in [-0.05, 0) is 30.4 Å². The molecule has 4 rings (SSSR count). The summed E-state index contributed by atoms with van der Waals surface area (Å²) in [4.78, 5) is 4.81. The van der Waals surface area contributed by atoms with Crippen molar-refractivity contribution in [2.45, 2.75) is 37.5 Å². The van der Waals surface area contributed by atoms with Gasteiger partial charge in [-0.2, -0.15) is 0 Å². The van der Waals surface area contributed by atoms with E-state index in [4.69, 9.17) is 15.5 Å². The zero-order valence-corrected chi connectivity index (χ0v) is 15.4. The molecule has 0 radical (unpaired) electrons.